The number of carbonyl (C=O) groups is 1. The Kier molecular flexibility index (Phi) is 3.36. The van der Waals surface area contributed by atoms with E-state index in [4.69, 9.17) is 5.11 Å². The molecule has 0 aliphatic carbocycles. The summed E-state index contributed by atoms with van der Waals surface area (Å²) in [5.41, 5.74) is 1.65. The SMILES string of the molecule is Cc1cc(F)c(C(C)(C)CC(=O)O)cc1C. The Labute approximate surface area is 95.1 Å². The van der Waals surface area contributed by atoms with Crippen LogP contribution >= 0.6 is 0 Å². The molecule has 0 atom stereocenters. The number of rotatable bonds is 3. The highest BCUT2D eigenvalue weighted by molar-refractivity contribution is 5.69. The van der Waals surface area contributed by atoms with Crippen molar-refractivity contribution >= 4 is 5.97 Å². The van der Waals surface area contributed by atoms with Crippen molar-refractivity contribution in [2.24, 2.45) is 0 Å². The molecule has 0 aliphatic rings. The Morgan fingerprint density at radius 2 is 1.81 bits per heavy atom. The second-order valence-electron chi connectivity index (χ2n) is 4.87. The van der Waals surface area contributed by atoms with Gasteiger partial charge in [0.2, 0.25) is 0 Å². The fourth-order valence-corrected chi connectivity index (χ4v) is 1.77. The maximum atomic E-state index is 13.8. The summed E-state index contributed by atoms with van der Waals surface area (Å²) in [7, 11) is 0. The van der Waals surface area contributed by atoms with Crippen molar-refractivity contribution in [3.63, 3.8) is 0 Å². The smallest absolute Gasteiger partial charge is 0.304 e. The van der Waals surface area contributed by atoms with Gasteiger partial charge in [-0.15, -0.1) is 0 Å². The maximum absolute atomic E-state index is 13.8. The number of aliphatic carboxylic acids is 1. The summed E-state index contributed by atoms with van der Waals surface area (Å²) in [6.07, 6.45) is -0.0770. The standard InChI is InChI=1S/C13H17FO2/c1-8-5-10(11(14)6-9(8)2)13(3,4)7-12(15)16/h5-6H,7H2,1-4H3,(H,15,16). The summed E-state index contributed by atoms with van der Waals surface area (Å²) in [6.45, 7) is 7.23. The van der Waals surface area contributed by atoms with Gasteiger partial charge < -0.3 is 5.11 Å². The second kappa shape index (κ2) is 4.24. The van der Waals surface area contributed by atoms with Crippen molar-refractivity contribution in [2.45, 2.75) is 39.5 Å². The predicted octanol–water partition coefficient (Wildman–Crippen LogP) is 3.19. The lowest BCUT2D eigenvalue weighted by Crippen LogP contribution is -2.23. The van der Waals surface area contributed by atoms with Gasteiger partial charge in [-0.05, 0) is 36.6 Å². The minimum atomic E-state index is -0.914. The van der Waals surface area contributed by atoms with Crippen LogP contribution in [0.2, 0.25) is 0 Å². The minimum absolute atomic E-state index is 0.0770. The molecule has 0 spiro atoms. The number of carboxylic acids is 1. The first-order valence-electron chi connectivity index (χ1n) is 5.23. The summed E-state index contributed by atoms with van der Waals surface area (Å²) in [4.78, 5) is 10.7. The molecule has 1 rings (SSSR count). The van der Waals surface area contributed by atoms with E-state index in [2.05, 4.69) is 0 Å². The van der Waals surface area contributed by atoms with Gasteiger partial charge >= 0.3 is 5.97 Å². The van der Waals surface area contributed by atoms with Crippen molar-refractivity contribution in [3.8, 4) is 0 Å². The van der Waals surface area contributed by atoms with Crippen molar-refractivity contribution < 1.29 is 14.3 Å². The number of aryl methyl sites for hydroxylation is 2. The Morgan fingerprint density at radius 1 is 1.31 bits per heavy atom. The normalized spacial score (nSPS) is 11.6. The average molecular weight is 224 g/mol. The topological polar surface area (TPSA) is 37.3 Å². The molecule has 1 aromatic rings. The summed E-state index contributed by atoms with van der Waals surface area (Å²) in [5.74, 6) is -1.24. The average Bonchev–Trinajstić information content (AvgIpc) is 2.08. The van der Waals surface area contributed by atoms with Crippen LogP contribution in [0.4, 0.5) is 4.39 Å². The Balaban J connectivity index is 3.22. The van der Waals surface area contributed by atoms with E-state index in [1.54, 1.807) is 19.9 Å². The van der Waals surface area contributed by atoms with Crippen molar-refractivity contribution in [1.82, 2.24) is 0 Å². The molecule has 0 amide bonds. The molecule has 0 unspecified atom stereocenters. The first-order chi connectivity index (χ1) is 7.24. The summed E-state index contributed by atoms with van der Waals surface area (Å²) in [5, 5.41) is 8.80. The third-order valence-electron chi connectivity index (χ3n) is 2.91. The van der Waals surface area contributed by atoms with E-state index in [9.17, 15) is 9.18 Å². The van der Waals surface area contributed by atoms with E-state index < -0.39 is 11.4 Å². The molecule has 16 heavy (non-hydrogen) atoms. The van der Waals surface area contributed by atoms with Gasteiger partial charge in [0.05, 0.1) is 6.42 Å². The molecular weight excluding hydrogens is 207 g/mol. The molecule has 1 aromatic carbocycles. The summed E-state index contributed by atoms with van der Waals surface area (Å²) in [6, 6.07) is 3.21. The molecule has 0 saturated heterocycles. The van der Waals surface area contributed by atoms with E-state index in [0.29, 0.717) is 5.56 Å². The van der Waals surface area contributed by atoms with Crippen LogP contribution in [0.25, 0.3) is 0 Å². The second-order valence-corrected chi connectivity index (χ2v) is 4.87. The van der Waals surface area contributed by atoms with Crippen LogP contribution < -0.4 is 0 Å². The molecule has 0 radical (unpaired) electrons. The van der Waals surface area contributed by atoms with E-state index in [1.807, 2.05) is 13.8 Å². The van der Waals surface area contributed by atoms with Crippen molar-refractivity contribution in [1.29, 1.82) is 0 Å². The van der Waals surface area contributed by atoms with Gasteiger partial charge in [0.15, 0.2) is 0 Å². The van der Waals surface area contributed by atoms with E-state index in [0.717, 1.165) is 11.1 Å². The van der Waals surface area contributed by atoms with Crippen LogP contribution in [0.3, 0.4) is 0 Å². The molecule has 88 valence electrons. The largest absolute Gasteiger partial charge is 0.481 e. The predicted molar refractivity (Wildman–Crippen MR) is 61.2 cm³/mol. The molecule has 3 heteroatoms. The van der Waals surface area contributed by atoms with Gasteiger partial charge in [0.1, 0.15) is 5.82 Å². The van der Waals surface area contributed by atoms with Crippen molar-refractivity contribution in [2.75, 3.05) is 0 Å². The maximum Gasteiger partial charge on any atom is 0.304 e. The molecule has 0 aliphatic heterocycles. The van der Waals surface area contributed by atoms with Gasteiger partial charge in [0.25, 0.3) is 0 Å². The van der Waals surface area contributed by atoms with Crippen molar-refractivity contribution in [3.05, 3.63) is 34.6 Å². The number of halogens is 1. The van der Waals surface area contributed by atoms with Gasteiger partial charge in [0, 0.05) is 5.41 Å². The Hall–Kier alpha value is -1.38. The molecule has 0 heterocycles. The van der Waals surface area contributed by atoms with Gasteiger partial charge in [-0.1, -0.05) is 19.9 Å². The molecule has 0 aromatic heterocycles. The third-order valence-corrected chi connectivity index (χ3v) is 2.91. The third kappa shape index (κ3) is 2.60. The van der Waals surface area contributed by atoms with Gasteiger partial charge in [-0.2, -0.15) is 0 Å². The van der Waals surface area contributed by atoms with Crippen LogP contribution in [-0.4, -0.2) is 11.1 Å². The highest BCUT2D eigenvalue weighted by Crippen LogP contribution is 2.30. The first kappa shape index (κ1) is 12.7. The molecule has 0 fully saturated rings. The summed E-state index contributed by atoms with van der Waals surface area (Å²) < 4.78 is 13.8. The number of benzene rings is 1. The van der Waals surface area contributed by atoms with Crippen LogP contribution in [0.5, 0.6) is 0 Å². The number of carboxylic acid groups (broad SMARTS) is 1. The molecule has 0 bridgehead atoms. The van der Waals surface area contributed by atoms with Crippen LogP contribution in [0.1, 0.15) is 37.0 Å². The monoisotopic (exact) mass is 224 g/mol. The molecular formula is C13H17FO2. The highest BCUT2D eigenvalue weighted by atomic mass is 19.1. The quantitative estimate of drug-likeness (QED) is 0.856. The lowest BCUT2D eigenvalue weighted by atomic mass is 9.80. The Morgan fingerprint density at radius 3 is 2.31 bits per heavy atom. The fraction of sp³-hybridized carbons (Fsp3) is 0.462. The van der Waals surface area contributed by atoms with Crippen LogP contribution in [0, 0.1) is 19.7 Å². The molecule has 0 saturated carbocycles. The lowest BCUT2D eigenvalue weighted by Gasteiger charge is -2.24. The fourth-order valence-electron chi connectivity index (χ4n) is 1.77. The first-order valence-corrected chi connectivity index (χ1v) is 5.23. The lowest BCUT2D eigenvalue weighted by molar-refractivity contribution is -0.138. The van der Waals surface area contributed by atoms with Gasteiger partial charge in [-0.25, -0.2) is 4.39 Å². The number of hydrogen-bond donors (Lipinski definition) is 1. The zero-order valence-electron chi connectivity index (χ0n) is 10.1. The Bertz CT molecular complexity index is 422. The molecule has 1 N–H and O–H groups in total. The van der Waals surface area contributed by atoms with Crippen LogP contribution in [0.15, 0.2) is 12.1 Å². The minimum Gasteiger partial charge on any atom is -0.481 e. The zero-order chi connectivity index (χ0) is 12.5. The van der Waals surface area contributed by atoms with E-state index >= 15 is 0 Å². The zero-order valence-corrected chi connectivity index (χ0v) is 10.1. The van der Waals surface area contributed by atoms with Gasteiger partial charge in [-0.3, -0.25) is 4.79 Å². The summed E-state index contributed by atoms with van der Waals surface area (Å²) >= 11 is 0. The van der Waals surface area contributed by atoms with E-state index in [-0.39, 0.29) is 12.2 Å². The highest BCUT2D eigenvalue weighted by Gasteiger charge is 2.27. The van der Waals surface area contributed by atoms with Crippen LogP contribution in [-0.2, 0) is 10.2 Å². The molecule has 2 nitrogen and oxygen atoms in total. The number of hydrogen-bond acceptors (Lipinski definition) is 1. The van der Waals surface area contributed by atoms with E-state index in [1.165, 1.54) is 6.07 Å².